The Labute approximate surface area is 224 Å². The number of anilines is 2. The van der Waals surface area contributed by atoms with Gasteiger partial charge in [0.15, 0.2) is 5.75 Å². The van der Waals surface area contributed by atoms with E-state index >= 15 is 0 Å². The molecule has 8 heteroatoms. The summed E-state index contributed by atoms with van der Waals surface area (Å²) in [4.78, 5) is 25.9. The van der Waals surface area contributed by atoms with E-state index in [0.717, 1.165) is 0 Å². The molecule has 0 aromatic heterocycles. The summed E-state index contributed by atoms with van der Waals surface area (Å²) in [6, 6.07) is 31.7. The molecule has 0 radical (unpaired) electrons. The molecule has 5 rings (SSSR count). The third-order valence-electron chi connectivity index (χ3n) is 6.00. The van der Waals surface area contributed by atoms with Gasteiger partial charge >= 0.3 is 0 Å². The van der Waals surface area contributed by atoms with Crippen LogP contribution in [0, 0.1) is 0 Å². The number of hydrogen-bond donors (Lipinski definition) is 3. The third kappa shape index (κ3) is 5.60. The Bertz CT molecular complexity index is 1690. The van der Waals surface area contributed by atoms with E-state index in [0.29, 0.717) is 33.5 Å². The number of carbonyl (C=O) groups excluding carboxylic acids is 2. The van der Waals surface area contributed by atoms with E-state index in [-0.39, 0.29) is 28.6 Å². The lowest BCUT2D eigenvalue weighted by Gasteiger charge is -2.11. The number of rotatable bonds is 7. The average molecular weight is 517 g/mol. The molecule has 3 N–H and O–H groups in total. The number of phenolic OH excluding ortho intramolecular Hbond substituents is 1. The van der Waals surface area contributed by atoms with Gasteiger partial charge in [0.1, 0.15) is 17.1 Å². The first-order valence-electron chi connectivity index (χ1n) is 12.1. The van der Waals surface area contributed by atoms with Gasteiger partial charge in [-0.3, -0.25) is 9.59 Å². The number of aromatic hydroxyl groups is 1. The third-order valence-corrected chi connectivity index (χ3v) is 6.00. The van der Waals surface area contributed by atoms with Crippen molar-refractivity contribution < 1.29 is 19.4 Å². The number of hydrogen-bond acceptors (Lipinski definition) is 6. The van der Waals surface area contributed by atoms with Crippen molar-refractivity contribution in [1.82, 2.24) is 0 Å². The number of benzene rings is 5. The second-order valence-electron chi connectivity index (χ2n) is 8.57. The molecular formula is C31H24N4O4. The van der Waals surface area contributed by atoms with Crippen molar-refractivity contribution >= 4 is 45.3 Å². The number of para-hydroxylation sites is 2. The van der Waals surface area contributed by atoms with Crippen LogP contribution in [0.5, 0.6) is 11.5 Å². The van der Waals surface area contributed by atoms with E-state index in [2.05, 4.69) is 20.9 Å². The quantitative estimate of drug-likeness (QED) is 0.195. The molecule has 0 bridgehead atoms. The molecule has 0 aliphatic carbocycles. The molecule has 0 unspecified atom stereocenters. The number of ether oxygens (including phenoxy) is 1. The molecule has 2 amide bonds. The number of nitrogens with zero attached hydrogens (tertiary/aromatic N) is 2. The number of azo groups is 1. The van der Waals surface area contributed by atoms with Gasteiger partial charge in [-0.1, -0.05) is 60.7 Å². The van der Waals surface area contributed by atoms with Gasteiger partial charge in [-0.2, -0.15) is 0 Å². The lowest BCUT2D eigenvalue weighted by Crippen LogP contribution is -2.12. The van der Waals surface area contributed by atoms with Crippen molar-refractivity contribution in [2.24, 2.45) is 10.2 Å². The molecule has 0 aliphatic rings. The first kappa shape index (κ1) is 25.2. The van der Waals surface area contributed by atoms with E-state index in [1.807, 2.05) is 36.4 Å². The van der Waals surface area contributed by atoms with Gasteiger partial charge in [0.25, 0.3) is 11.8 Å². The normalized spacial score (nSPS) is 10.9. The van der Waals surface area contributed by atoms with Crippen LogP contribution in [0.2, 0.25) is 0 Å². The predicted octanol–water partition coefficient (Wildman–Crippen LogP) is 7.47. The molecule has 0 heterocycles. The maximum atomic E-state index is 13.1. The number of methoxy groups -OCH3 is 1. The largest absolute Gasteiger partial charge is 0.505 e. The molecule has 0 fully saturated rings. The smallest absolute Gasteiger partial charge is 0.259 e. The topological polar surface area (TPSA) is 112 Å². The van der Waals surface area contributed by atoms with Crippen LogP contribution in [-0.2, 0) is 0 Å². The zero-order valence-corrected chi connectivity index (χ0v) is 21.0. The van der Waals surface area contributed by atoms with Crippen LogP contribution in [0.15, 0.2) is 119 Å². The monoisotopic (exact) mass is 516 g/mol. The number of amides is 2. The van der Waals surface area contributed by atoms with Gasteiger partial charge in [-0.25, -0.2) is 0 Å². The molecule has 39 heavy (non-hydrogen) atoms. The molecule has 0 aliphatic heterocycles. The first-order chi connectivity index (χ1) is 19.0. The van der Waals surface area contributed by atoms with Gasteiger partial charge in [0.05, 0.1) is 12.7 Å². The summed E-state index contributed by atoms with van der Waals surface area (Å²) in [5.74, 6) is -0.745. The summed E-state index contributed by atoms with van der Waals surface area (Å²) >= 11 is 0. The number of phenols is 1. The fourth-order valence-electron chi connectivity index (χ4n) is 4.05. The maximum Gasteiger partial charge on any atom is 0.259 e. The Morgan fingerprint density at radius 2 is 1.33 bits per heavy atom. The van der Waals surface area contributed by atoms with Gasteiger partial charge in [-0.05, 0) is 53.9 Å². The maximum absolute atomic E-state index is 13.1. The highest BCUT2D eigenvalue weighted by atomic mass is 16.5. The number of nitrogens with one attached hydrogen (secondary N) is 2. The van der Waals surface area contributed by atoms with Crippen molar-refractivity contribution in [3.63, 3.8) is 0 Å². The zero-order valence-electron chi connectivity index (χ0n) is 21.0. The lowest BCUT2D eigenvalue weighted by molar-refractivity contribution is 0.101. The van der Waals surface area contributed by atoms with E-state index in [9.17, 15) is 14.7 Å². The van der Waals surface area contributed by atoms with Crippen molar-refractivity contribution in [2.45, 2.75) is 0 Å². The molecule has 5 aromatic rings. The fourth-order valence-corrected chi connectivity index (χ4v) is 4.05. The zero-order chi connectivity index (χ0) is 27.2. The number of carbonyl (C=O) groups is 2. The lowest BCUT2D eigenvalue weighted by atomic mass is 10.0. The minimum atomic E-state index is -0.488. The molecule has 0 atom stereocenters. The highest BCUT2D eigenvalue weighted by Gasteiger charge is 2.19. The Kier molecular flexibility index (Phi) is 7.27. The molecule has 0 saturated carbocycles. The minimum absolute atomic E-state index is 0.0504. The molecule has 8 nitrogen and oxygen atoms in total. The highest BCUT2D eigenvalue weighted by molar-refractivity contribution is 6.11. The van der Waals surface area contributed by atoms with Gasteiger partial charge < -0.3 is 20.5 Å². The fraction of sp³-hybridized carbons (Fsp3) is 0.0323. The molecule has 0 spiro atoms. The standard InChI is InChI=1S/C31H24N4O4/c1-39-27-17-16-21(30(37)32-22-11-4-2-5-12-22)19-26(27)34-35-28-24-15-9-8-10-20(24)18-25(29(28)36)31(38)33-23-13-6-3-7-14-23/h2-19,36H,1H3,(H,32,37)(H,33,38). The second kappa shape index (κ2) is 11.3. The number of fused-ring (bicyclic) bond motifs is 1. The van der Waals surface area contributed by atoms with E-state index in [4.69, 9.17) is 4.74 Å². The van der Waals surface area contributed by atoms with Crippen LogP contribution < -0.4 is 15.4 Å². The van der Waals surface area contributed by atoms with E-state index < -0.39 is 5.91 Å². The predicted molar refractivity (Wildman–Crippen MR) is 152 cm³/mol. The van der Waals surface area contributed by atoms with Crippen molar-refractivity contribution in [3.05, 3.63) is 120 Å². The molecular weight excluding hydrogens is 492 g/mol. The molecule has 5 aromatic carbocycles. The summed E-state index contributed by atoms with van der Waals surface area (Å²) in [5, 5.41) is 26.7. The summed E-state index contributed by atoms with van der Waals surface area (Å²) in [7, 11) is 1.49. The van der Waals surface area contributed by atoms with Gasteiger partial charge in [0.2, 0.25) is 0 Å². The Morgan fingerprint density at radius 3 is 2.00 bits per heavy atom. The van der Waals surface area contributed by atoms with Crippen LogP contribution in [0.3, 0.4) is 0 Å². The van der Waals surface area contributed by atoms with E-state index in [1.165, 1.54) is 7.11 Å². The summed E-state index contributed by atoms with van der Waals surface area (Å²) in [6.07, 6.45) is 0. The second-order valence-corrected chi connectivity index (χ2v) is 8.57. The van der Waals surface area contributed by atoms with Crippen molar-refractivity contribution in [2.75, 3.05) is 17.7 Å². The highest BCUT2D eigenvalue weighted by Crippen LogP contribution is 2.40. The van der Waals surface area contributed by atoms with Crippen LogP contribution >= 0.6 is 0 Å². The van der Waals surface area contributed by atoms with Crippen LogP contribution in [0.1, 0.15) is 20.7 Å². The van der Waals surface area contributed by atoms with Gasteiger partial charge in [-0.15, -0.1) is 10.2 Å². The van der Waals surface area contributed by atoms with Crippen LogP contribution in [0.25, 0.3) is 10.8 Å². The Hall–Kier alpha value is -5.50. The van der Waals surface area contributed by atoms with Crippen molar-refractivity contribution in [1.29, 1.82) is 0 Å². The summed E-state index contributed by atoms with van der Waals surface area (Å²) in [5.41, 5.74) is 2.04. The first-order valence-corrected chi connectivity index (χ1v) is 12.1. The Balaban J connectivity index is 1.51. The minimum Gasteiger partial charge on any atom is -0.505 e. The molecule has 192 valence electrons. The summed E-state index contributed by atoms with van der Waals surface area (Å²) in [6.45, 7) is 0. The molecule has 0 saturated heterocycles. The van der Waals surface area contributed by atoms with Crippen LogP contribution in [-0.4, -0.2) is 24.0 Å². The summed E-state index contributed by atoms with van der Waals surface area (Å²) < 4.78 is 5.42. The SMILES string of the molecule is COc1ccc(C(=O)Nc2ccccc2)cc1N=Nc1c(O)c(C(=O)Nc2ccccc2)cc2ccccc12. The van der Waals surface area contributed by atoms with E-state index in [1.54, 1.807) is 72.8 Å². The van der Waals surface area contributed by atoms with Gasteiger partial charge in [0, 0.05) is 22.3 Å². The Morgan fingerprint density at radius 1 is 0.718 bits per heavy atom. The van der Waals surface area contributed by atoms with Crippen molar-refractivity contribution in [3.8, 4) is 11.5 Å². The average Bonchev–Trinajstić information content (AvgIpc) is 2.97. The van der Waals surface area contributed by atoms with Crippen LogP contribution in [0.4, 0.5) is 22.7 Å².